The number of nitrogens with zero attached hydrogens (tertiary/aromatic N) is 1. The van der Waals surface area contributed by atoms with E-state index in [0.29, 0.717) is 26.1 Å². The molecular weight excluding hydrogens is 326 g/mol. The Kier molecular flexibility index (Phi) is 7.20. The van der Waals surface area contributed by atoms with Crippen LogP contribution in [0.5, 0.6) is 0 Å². The molecular formula is C17H27N3O3S. The van der Waals surface area contributed by atoms with Crippen LogP contribution < -0.4 is 11.1 Å². The predicted octanol–water partition coefficient (Wildman–Crippen LogP) is 0.878. The van der Waals surface area contributed by atoms with E-state index < -0.39 is 10.0 Å². The van der Waals surface area contributed by atoms with Crippen molar-refractivity contribution in [3.05, 3.63) is 35.9 Å². The fourth-order valence-electron chi connectivity index (χ4n) is 3.00. The number of sulfonamides is 1. The summed E-state index contributed by atoms with van der Waals surface area (Å²) in [5, 5.41) is 2.80. The fourth-order valence-corrected chi connectivity index (χ4v) is 4.77. The molecule has 0 aromatic heterocycles. The molecule has 0 saturated carbocycles. The van der Waals surface area contributed by atoms with Gasteiger partial charge in [-0.3, -0.25) is 4.79 Å². The maximum Gasteiger partial charge on any atom is 0.221 e. The molecule has 1 saturated heterocycles. The SMILES string of the molecule is NCCC(=O)NCC1CCCCN1S(=O)(=O)CCc1ccccc1. The largest absolute Gasteiger partial charge is 0.354 e. The number of nitrogens with one attached hydrogen (secondary N) is 1. The Bertz CT molecular complexity index is 619. The summed E-state index contributed by atoms with van der Waals surface area (Å²) in [6.07, 6.45) is 3.42. The van der Waals surface area contributed by atoms with Crippen molar-refractivity contribution in [3.8, 4) is 0 Å². The molecule has 1 aromatic rings. The van der Waals surface area contributed by atoms with Gasteiger partial charge in [-0.05, 0) is 24.8 Å². The molecule has 1 aliphatic heterocycles. The van der Waals surface area contributed by atoms with E-state index in [1.54, 1.807) is 4.31 Å². The number of piperidine rings is 1. The van der Waals surface area contributed by atoms with Gasteiger partial charge < -0.3 is 11.1 Å². The highest BCUT2D eigenvalue weighted by Crippen LogP contribution is 2.21. The van der Waals surface area contributed by atoms with Gasteiger partial charge in [-0.15, -0.1) is 0 Å². The van der Waals surface area contributed by atoms with E-state index in [9.17, 15) is 13.2 Å². The lowest BCUT2D eigenvalue weighted by molar-refractivity contribution is -0.121. The molecule has 24 heavy (non-hydrogen) atoms. The van der Waals surface area contributed by atoms with Crippen LogP contribution in [0.15, 0.2) is 30.3 Å². The van der Waals surface area contributed by atoms with Crippen LogP contribution in [0.1, 0.15) is 31.2 Å². The van der Waals surface area contributed by atoms with Crippen LogP contribution in [0.2, 0.25) is 0 Å². The molecule has 1 fully saturated rings. The topological polar surface area (TPSA) is 92.5 Å². The van der Waals surface area contributed by atoms with Gasteiger partial charge in [0.25, 0.3) is 0 Å². The van der Waals surface area contributed by atoms with Crippen LogP contribution in [0.3, 0.4) is 0 Å². The standard InChI is InChI=1S/C17H27N3O3S/c18-11-9-17(21)19-14-16-8-4-5-12-20(16)24(22,23)13-10-15-6-2-1-3-7-15/h1-3,6-7,16H,4-5,8-14,18H2,(H,19,21). The van der Waals surface area contributed by atoms with E-state index in [1.165, 1.54) is 0 Å². The van der Waals surface area contributed by atoms with Crippen LogP contribution in [0.4, 0.5) is 0 Å². The van der Waals surface area contributed by atoms with Gasteiger partial charge in [0, 0.05) is 32.1 Å². The summed E-state index contributed by atoms with van der Waals surface area (Å²) in [4.78, 5) is 11.6. The summed E-state index contributed by atoms with van der Waals surface area (Å²) in [6.45, 7) is 1.20. The molecule has 7 heteroatoms. The van der Waals surface area contributed by atoms with Gasteiger partial charge in [-0.25, -0.2) is 8.42 Å². The highest BCUT2D eigenvalue weighted by Gasteiger charge is 2.32. The number of hydrogen-bond acceptors (Lipinski definition) is 4. The van der Waals surface area contributed by atoms with Crippen molar-refractivity contribution in [2.75, 3.05) is 25.4 Å². The second-order valence-corrected chi connectivity index (χ2v) is 8.20. The van der Waals surface area contributed by atoms with Crippen molar-refractivity contribution < 1.29 is 13.2 Å². The average molecular weight is 353 g/mol. The molecule has 3 N–H and O–H groups in total. The van der Waals surface area contributed by atoms with Gasteiger partial charge >= 0.3 is 0 Å². The van der Waals surface area contributed by atoms with Gasteiger partial charge in [-0.1, -0.05) is 36.8 Å². The zero-order chi connectivity index (χ0) is 17.4. The first-order valence-corrected chi connectivity index (χ1v) is 10.1. The zero-order valence-electron chi connectivity index (χ0n) is 14.0. The highest BCUT2D eigenvalue weighted by atomic mass is 32.2. The number of carbonyl (C=O) groups is 1. The maximum absolute atomic E-state index is 12.7. The third-order valence-electron chi connectivity index (χ3n) is 4.33. The first kappa shape index (κ1) is 18.9. The summed E-state index contributed by atoms with van der Waals surface area (Å²) in [7, 11) is -3.33. The molecule has 1 aromatic carbocycles. The predicted molar refractivity (Wildman–Crippen MR) is 95.0 cm³/mol. The van der Waals surface area contributed by atoms with E-state index in [2.05, 4.69) is 5.32 Å². The van der Waals surface area contributed by atoms with Crippen molar-refractivity contribution in [1.29, 1.82) is 0 Å². The molecule has 6 nitrogen and oxygen atoms in total. The minimum atomic E-state index is -3.33. The van der Waals surface area contributed by atoms with E-state index in [0.717, 1.165) is 24.8 Å². The molecule has 0 bridgehead atoms. The molecule has 1 heterocycles. The van der Waals surface area contributed by atoms with Crippen molar-refractivity contribution in [1.82, 2.24) is 9.62 Å². The number of benzene rings is 1. The third kappa shape index (κ3) is 5.58. The Hall–Kier alpha value is -1.44. The third-order valence-corrected chi connectivity index (χ3v) is 6.24. The molecule has 1 aliphatic rings. The van der Waals surface area contributed by atoms with Crippen LogP contribution in [0.25, 0.3) is 0 Å². The number of nitrogens with two attached hydrogens (primary N) is 1. The summed E-state index contributed by atoms with van der Waals surface area (Å²) in [5.41, 5.74) is 6.38. The number of amides is 1. The van der Waals surface area contributed by atoms with Gasteiger partial charge in [0.1, 0.15) is 0 Å². The van der Waals surface area contributed by atoms with Gasteiger partial charge in [0.2, 0.25) is 15.9 Å². The normalized spacial score (nSPS) is 19.1. The summed E-state index contributed by atoms with van der Waals surface area (Å²) < 4.78 is 27.1. The monoisotopic (exact) mass is 353 g/mol. The number of hydrogen-bond donors (Lipinski definition) is 2. The lowest BCUT2D eigenvalue weighted by atomic mass is 10.1. The van der Waals surface area contributed by atoms with Crippen molar-refractivity contribution >= 4 is 15.9 Å². The lowest BCUT2D eigenvalue weighted by Gasteiger charge is -2.34. The van der Waals surface area contributed by atoms with Crippen molar-refractivity contribution in [2.45, 2.75) is 38.1 Å². The second-order valence-electron chi connectivity index (χ2n) is 6.15. The molecule has 1 unspecified atom stereocenters. The zero-order valence-corrected chi connectivity index (χ0v) is 14.8. The molecule has 1 atom stereocenters. The minimum Gasteiger partial charge on any atom is -0.354 e. The Morgan fingerprint density at radius 3 is 2.71 bits per heavy atom. The number of aryl methyl sites for hydroxylation is 1. The van der Waals surface area contributed by atoms with Crippen molar-refractivity contribution in [3.63, 3.8) is 0 Å². The van der Waals surface area contributed by atoms with Gasteiger partial charge in [-0.2, -0.15) is 4.31 Å². The van der Waals surface area contributed by atoms with Gasteiger partial charge in [0.05, 0.1) is 5.75 Å². The lowest BCUT2D eigenvalue weighted by Crippen LogP contribution is -2.50. The molecule has 134 valence electrons. The van der Waals surface area contributed by atoms with Gasteiger partial charge in [0.15, 0.2) is 0 Å². The van der Waals surface area contributed by atoms with E-state index >= 15 is 0 Å². The molecule has 1 amide bonds. The fraction of sp³-hybridized carbons (Fsp3) is 0.588. The highest BCUT2D eigenvalue weighted by molar-refractivity contribution is 7.89. The molecule has 2 rings (SSSR count). The first-order valence-electron chi connectivity index (χ1n) is 8.53. The average Bonchev–Trinajstić information content (AvgIpc) is 2.60. The Morgan fingerprint density at radius 2 is 2.00 bits per heavy atom. The molecule has 0 aliphatic carbocycles. The van der Waals surface area contributed by atoms with Crippen molar-refractivity contribution in [2.24, 2.45) is 5.73 Å². The van der Waals surface area contributed by atoms with Crippen LogP contribution in [-0.2, 0) is 21.2 Å². The van der Waals surface area contributed by atoms with Crippen LogP contribution in [-0.4, -0.2) is 50.1 Å². The maximum atomic E-state index is 12.7. The van der Waals surface area contributed by atoms with Crippen LogP contribution in [0, 0.1) is 0 Å². The Labute approximate surface area is 144 Å². The Morgan fingerprint density at radius 1 is 1.25 bits per heavy atom. The number of carbonyl (C=O) groups excluding carboxylic acids is 1. The van der Waals surface area contributed by atoms with E-state index in [1.807, 2.05) is 30.3 Å². The Balaban J connectivity index is 1.95. The molecule has 0 spiro atoms. The summed E-state index contributed by atoms with van der Waals surface area (Å²) >= 11 is 0. The van der Waals surface area contributed by atoms with E-state index in [-0.39, 0.29) is 24.1 Å². The minimum absolute atomic E-state index is 0.101. The summed E-state index contributed by atoms with van der Waals surface area (Å²) in [6, 6.07) is 9.48. The second kappa shape index (κ2) is 9.15. The smallest absolute Gasteiger partial charge is 0.221 e. The summed E-state index contributed by atoms with van der Waals surface area (Å²) in [5.74, 6) is -0.0192. The molecule has 0 radical (unpaired) electrons. The van der Waals surface area contributed by atoms with E-state index in [4.69, 9.17) is 5.73 Å². The van der Waals surface area contributed by atoms with Crippen LogP contribution >= 0.6 is 0 Å². The quantitative estimate of drug-likeness (QED) is 0.725. The first-order chi connectivity index (χ1) is 11.5. The number of rotatable bonds is 8.